The standard InChI is InChI=1S/C23H19FN6OS/c1-15-13-29(14-26-15)20-9-3-16(19-11-27-32-23(19)20)4-10-21-25-12-22(31)30(28(21)2)18-7-5-17(24)6-8-18/h3-11,13-14H,12H2,1-2H3/b10-4+. The number of fused-ring (bicyclic) bond motifs is 1. The van der Waals surface area contributed by atoms with Gasteiger partial charge in [-0.05, 0) is 60.4 Å². The molecule has 0 aliphatic carbocycles. The van der Waals surface area contributed by atoms with Crippen molar-refractivity contribution < 1.29 is 9.18 Å². The van der Waals surface area contributed by atoms with Crippen LogP contribution in [0.5, 0.6) is 0 Å². The van der Waals surface area contributed by atoms with Crippen molar-refractivity contribution in [1.29, 1.82) is 0 Å². The van der Waals surface area contributed by atoms with Gasteiger partial charge in [0.15, 0.2) is 0 Å². The molecule has 0 radical (unpaired) electrons. The number of hydrogen-bond acceptors (Lipinski definition) is 6. The molecule has 1 amide bonds. The lowest BCUT2D eigenvalue weighted by Gasteiger charge is -2.35. The van der Waals surface area contributed by atoms with E-state index in [0.717, 1.165) is 27.0 Å². The number of aliphatic imine (C=N–C) groups is 1. The van der Waals surface area contributed by atoms with E-state index in [1.165, 1.54) is 28.7 Å². The van der Waals surface area contributed by atoms with E-state index < -0.39 is 0 Å². The molecular weight excluding hydrogens is 427 g/mol. The lowest BCUT2D eigenvalue weighted by Crippen LogP contribution is -2.51. The number of nitrogens with zero attached hydrogens (tertiary/aromatic N) is 6. The Morgan fingerprint density at radius 2 is 1.94 bits per heavy atom. The Bertz CT molecular complexity index is 1370. The van der Waals surface area contributed by atoms with Crippen LogP contribution in [-0.4, -0.2) is 44.3 Å². The molecule has 0 saturated carbocycles. The minimum atomic E-state index is -0.350. The molecule has 2 aromatic carbocycles. The van der Waals surface area contributed by atoms with Crippen LogP contribution in [0.4, 0.5) is 10.1 Å². The van der Waals surface area contributed by atoms with E-state index in [1.807, 2.05) is 48.2 Å². The van der Waals surface area contributed by atoms with Gasteiger partial charge in [0.05, 0.1) is 28.1 Å². The van der Waals surface area contributed by atoms with Gasteiger partial charge in [-0.15, -0.1) is 0 Å². The molecule has 0 fully saturated rings. The summed E-state index contributed by atoms with van der Waals surface area (Å²) in [6.07, 6.45) is 9.47. The van der Waals surface area contributed by atoms with Gasteiger partial charge in [-0.25, -0.2) is 14.4 Å². The van der Waals surface area contributed by atoms with Crippen molar-refractivity contribution in [3.63, 3.8) is 0 Å². The number of carbonyl (C=O) groups excluding carboxylic acids is 1. The second-order valence-electron chi connectivity index (χ2n) is 7.38. The average molecular weight is 447 g/mol. The molecule has 2 aromatic heterocycles. The van der Waals surface area contributed by atoms with Crippen LogP contribution in [0, 0.1) is 12.7 Å². The number of benzene rings is 2. The summed E-state index contributed by atoms with van der Waals surface area (Å²) in [5.41, 5.74) is 3.56. The zero-order valence-electron chi connectivity index (χ0n) is 17.4. The molecule has 0 saturated heterocycles. The van der Waals surface area contributed by atoms with Gasteiger partial charge in [0.1, 0.15) is 18.2 Å². The maximum absolute atomic E-state index is 13.3. The lowest BCUT2D eigenvalue weighted by atomic mass is 10.1. The first-order chi connectivity index (χ1) is 15.5. The number of rotatable bonds is 4. The zero-order valence-corrected chi connectivity index (χ0v) is 18.3. The Balaban J connectivity index is 1.46. The summed E-state index contributed by atoms with van der Waals surface area (Å²) in [7, 11) is 1.76. The van der Waals surface area contributed by atoms with E-state index in [2.05, 4.69) is 14.3 Å². The average Bonchev–Trinajstić information content (AvgIpc) is 3.44. The van der Waals surface area contributed by atoms with Gasteiger partial charge < -0.3 is 4.57 Å². The Morgan fingerprint density at radius 1 is 1.12 bits per heavy atom. The van der Waals surface area contributed by atoms with Crippen molar-refractivity contribution in [3.05, 3.63) is 78.3 Å². The molecule has 9 heteroatoms. The maximum Gasteiger partial charge on any atom is 0.267 e. The number of hydrazine groups is 1. The smallest absolute Gasteiger partial charge is 0.267 e. The predicted molar refractivity (Wildman–Crippen MR) is 124 cm³/mol. The van der Waals surface area contributed by atoms with Crippen LogP contribution in [0.2, 0.25) is 0 Å². The third kappa shape index (κ3) is 3.56. The molecule has 0 atom stereocenters. The predicted octanol–water partition coefficient (Wildman–Crippen LogP) is 4.23. The summed E-state index contributed by atoms with van der Waals surface area (Å²) in [6.45, 7) is 1.98. The number of imidazole rings is 1. The molecule has 160 valence electrons. The van der Waals surface area contributed by atoms with Crippen LogP contribution < -0.4 is 5.01 Å². The summed E-state index contributed by atoms with van der Waals surface area (Å²) in [6, 6.07) is 9.90. The highest BCUT2D eigenvalue weighted by atomic mass is 32.1. The van der Waals surface area contributed by atoms with Crippen LogP contribution in [0.3, 0.4) is 0 Å². The molecule has 32 heavy (non-hydrogen) atoms. The van der Waals surface area contributed by atoms with Crippen molar-refractivity contribution in [1.82, 2.24) is 18.9 Å². The summed E-state index contributed by atoms with van der Waals surface area (Å²) >= 11 is 1.44. The second-order valence-corrected chi connectivity index (χ2v) is 8.18. The van der Waals surface area contributed by atoms with Gasteiger partial charge in [-0.1, -0.05) is 12.1 Å². The fraction of sp³-hybridized carbons (Fsp3) is 0.130. The van der Waals surface area contributed by atoms with E-state index >= 15 is 0 Å². The van der Waals surface area contributed by atoms with E-state index in [-0.39, 0.29) is 18.3 Å². The maximum atomic E-state index is 13.3. The van der Waals surface area contributed by atoms with E-state index in [9.17, 15) is 9.18 Å². The number of hydrogen-bond donors (Lipinski definition) is 0. The fourth-order valence-corrected chi connectivity index (χ4v) is 4.48. The molecule has 3 heterocycles. The van der Waals surface area contributed by atoms with Crippen LogP contribution in [0.15, 0.2) is 66.2 Å². The quantitative estimate of drug-likeness (QED) is 0.470. The third-order valence-corrected chi connectivity index (χ3v) is 6.07. The molecule has 7 nitrogen and oxygen atoms in total. The summed E-state index contributed by atoms with van der Waals surface area (Å²) in [5, 5.41) is 4.19. The normalized spacial score (nSPS) is 14.6. The third-order valence-electron chi connectivity index (χ3n) is 5.25. The molecule has 0 spiro atoms. The number of halogens is 1. The summed E-state index contributed by atoms with van der Waals surface area (Å²) < 4.78 is 20.8. The van der Waals surface area contributed by atoms with E-state index in [4.69, 9.17) is 0 Å². The van der Waals surface area contributed by atoms with Gasteiger partial charge in [0.25, 0.3) is 5.91 Å². The molecule has 0 N–H and O–H groups in total. The number of anilines is 1. The van der Waals surface area contributed by atoms with Crippen molar-refractivity contribution in [2.75, 3.05) is 18.6 Å². The number of carbonyl (C=O) groups is 1. The SMILES string of the molecule is Cc1cn(-c2ccc(/C=C/C3=NCC(=O)N(c4ccc(F)cc4)N3C)c3cnsc23)cn1. The van der Waals surface area contributed by atoms with Crippen LogP contribution in [0.25, 0.3) is 21.8 Å². The first-order valence-electron chi connectivity index (χ1n) is 9.94. The van der Waals surface area contributed by atoms with Crippen LogP contribution in [0.1, 0.15) is 11.3 Å². The van der Waals surface area contributed by atoms with Gasteiger partial charge in [-0.3, -0.25) is 14.8 Å². The molecular formula is C23H19FN6OS. The van der Waals surface area contributed by atoms with E-state index in [1.54, 1.807) is 30.5 Å². The highest BCUT2D eigenvalue weighted by molar-refractivity contribution is 7.13. The fourth-order valence-electron chi connectivity index (χ4n) is 3.68. The monoisotopic (exact) mass is 446 g/mol. The Kier molecular flexibility index (Phi) is 5.02. The Hall–Kier alpha value is -3.85. The molecule has 4 aromatic rings. The van der Waals surface area contributed by atoms with Gasteiger partial charge in [-0.2, -0.15) is 4.37 Å². The first kappa shape index (κ1) is 20.1. The topological polar surface area (TPSA) is 66.6 Å². The molecule has 1 aliphatic heterocycles. The van der Waals surface area contributed by atoms with Crippen molar-refractivity contribution in [2.45, 2.75) is 6.92 Å². The number of likely N-dealkylation sites (N-methyl/N-ethyl adjacent to an activating group) is 1. The number of aryl methyl sites for hydroxylation is 1. The lowest BCUT2D eigenvalue weighted by molar-refractivity contribution is -0.119. The van der Waals surface area contributed by atoms with Crippen molar-refractivity contribution in [3.8, 4) is 5.69 Å². The Morgan fingerprint density at radius 3 is 2.69 bits per heavy atom. The highest BCUT2D eigenvalue weighted by Crippen LogP contribution is 2.30. The molecule has 5 rings (SSSR count). The highest BCUT2D eigenvalue weighted by Gasteiger charge is 2.26. The van der Waals surface area contributed by atoms with Crippen molar-refractivity contribution >= 4 is 45.1 Å². The minimum absolute atomic E-state index is 0.0235. The van der Waals surface area contributed by atoms with Gasteiger partial charge in [0.2, 0.25) is 0 Å². The minimum Gasteiger partial charge on any atom is -0.305 e. The second kappa shape index (κ2) is 8.01. The van der Waals surface area contributed by atoms with Crippen LogP contribution in [-0.2, 0) is 4.79 Å². The van der Waals surface area contributed by atoms with Gasteiger partial charge in [0, 0.05) is 24.8 Å². The van der Waals surface area contributed by atoms with E-state index in [0.29, 0.717) is 11.5 Å². The first-order valence-corrected chi connectivity index (χ1v) is 10.7. The van der Waals surface area contributed by atoms with Crippen LogP contribution >= 0.6 is 11.5 Å². The zero-order chi connectivity index (χ0) is 22.2. The largest absolute Gasteiger partial charge is 0.305 e. The summed E-state index contributed by atoms with van der Waals surface area (Å²) in [5.74, 6) is 0.0950. The van der Waals surface area contributed by atoms with Crippen molar-refractivity contribution in [2.24, 2.45) is 4.99 Å². The molecule has 0 unspecified atom stereocenters. The number of amidine groups is 1. The Labute approximate surface area is 187 Å². The number of amides is 1. The summed E-state index contributed by atoms with van der Waals surface area (Å²) in [4.78, 5) is 21.2. The van der Waals surface area contributed by atoms with Gasteiger partial charge >= 0.3 is 0 Å². The number of aromatic nitrogens is 3. The molecule has 1 aliphatic rings. The molecule has 0 bridgehead atoms.